The van der Waals surface area contributed by atoms with Crippen LogP contribution >= 0.6 is 0 Å². The Labute approximate surface area is 217 Å². The number of carbonyl (C=O) groups is 1. The summed E-state index contributed by atoms with van der Waals surface area (Å²) >= 11 is 0. The first-order valence-corrected chi connectivity index (χ1v) is 12.3. The number of benzene rings is 2. The zero-order valence-electron chi connectivity index (χ0n) is 20.9. The Hall–Kier alpha value is -3.96. The standard InChI is InChI=1S/C27H27F3N6O2/c1-16(2)32-13-17-9-19(27(28,29)30)12-20(10-17)35-26(37)36-8-6-18-11-21(3-4-24(18)36)38-25-22-5-7-31-14-23(22)33-15-34-25/h3-4,6,8-12,15-16,31-32H,5,7,13-14H2,1-2H3,(H,35,37). The molecule has 2 aromatic carbocycles. The second kappa shape index (κ2) is 10.4. The van der Waals surface area contributed by atoms with Gasteiger partial charge in [0.05, 0.1) is 16.8 Å². The van der Waals surface area contributed by atoms with Crippen LogP contribution in [0.2, 0.25) is 0 Å². The summed E-state index contributed by atoms with van der Waals surface area (Å²) in [6, 6.07) is 10.1. The molecule has 3 N–H and O–H groups in total. The Morgan fingerprint density at radius 1 is 1.16 bits per heavy atom. The molecule has 0 aliphatic carbocycles. The lowest BCUT2D eigenvalue weighted by Gasteiger charge is -2.18. The molecule has 2 aromatic heterocycles. The van der Waals surface area contributed by atoms with Gasteiger partial charge in [-0.25, -0.2) is 14.8 Å². The molecule has 8 nitrogen and oxygen atoms in total. The van der Waals surface area contributed by atoms with Crippen LogP contribution in [-0.4, -0.2) is 33.2 Å². The van der Waals surface area contributed by atoms with Crippen LogP contribution < -0.4 is 20.7 Å². The van der Waals surface area contributed by atoms with Gasteiger partial charge in [-0.2, -0.15) is 13.2 Å². The molecule has 11 heteroatoms. The molecule has 0 radical (unpaired) electrons. The maximum Gasteiger partial charge on any atom is 0.416 e. The van der Waals surface area contributed by atoms with Crippen molar-refractivity contribution < 1.29 is 22.7 Å². The summed E-state index contributed by atoms with van der Waals surface area (Å²) in [5.74, 6) is 1.05. The fourth-order valence-electron chi connectivity index (χ4n) is 4.35. The highest BCUT2D eigenvalue weighted by Crippen LogP contribution is 2.33. The minimum atomic E-state index is -4.54. The van der Waals surface area contributed by atoms with Gasteiger partial charge >= 0.3 is 12.2 Å². The van der Waals surface area contributed by atoms with E-state index in [2.05, 4.69) is 25.9 Å². The number of anilines is 1. The number of nitrogens with one attached hydrogen (secondary N) is 3. The van der Waals surface area contributed by atoms with E-state index in [1.54, 1.807) is 30.5 Å². The molecule has 0 saturated carbocycles. The van der Waals surface area contributed by atoms with Crippen LogP contribution in [0, 0.1) is 0 Å². The summed E-state index contributed by atoms with van der Waals surface area (Å²) in [7, 11) is 0. The molecule has 0 bridgehead atoms. The number of alkyl halides is 3. The van der Waals surface area contributed by atoms with E-state index in [4.69, 9.17) is 4.74 Å². The highest BCUT2D eigenvalue weighted by atomic mass is 19.4. The molecule has 1 aliphatic rings. The largest absolute Gasteiger partial charge is 0.439 e. The van der Waals surface area contributed by atoms with E-state index in [9.17, 15) is 18.0 Å². The number of carbonyl (C=O) groups excluding carboxylic acids is 1. The average molecular weight is 525 g/mol. The normalized spacial score (nSPS) is 13.5. The number of halogens is 3. The second-order valence-corrected chi connectivity index (χ2v) is 9.42. The van der Waals surface area contributed by atoms with Crippen LogP contribution in [0.1, 0.15) is 36.2 Å². The molecule has 0 saturated heterocycles. The summed E-state index contributed by atoms with van der Waals surface area (Å²) < 4.78 is 47.9. The summed E-state index contributed by atoms with van der Waals surface area (Å²) in [6.07, 6.45) is -0.742. The van der Waals surface area contributed by atoms with Gasteiger partial charge in [0.25, 0.3) is 0 Å². The number of hydrogen-bond donors (Lipinski definition) is 3. The Morgan fingerprint density at radius 3 is 2.79 bits per heavy atom. The maximum atomic E-state index is 13.5. The first-order chi connectivity index (χ1) is 18.2. The molecule has 5 rings (SSSR count). The Morgan fingerprint density at radius 2 is 2.00 bits per heavy atom. The van der Waals surface area contributed by atoms with E-state index in [0.29, 0.717) is 29.3 Å². The SMILES string of the molecule is CC(C)NCc1cc(NC(=O)n2ccc3cc(Oc4ncnc5c4CCNC5)ccc32)cc(C(F)(F)F)c1. The van der Waals surface area contributed by atoms with E-state index in [-0.39, 0.29) is 18.3 Å². The van der Waals surface area contributed by atoms with Gasteiger partial charge in [-0.05, 0) is 61.0 Å². The Kier molecular flexibility index (Phi) is 7.04. The molecule has 0 atom stereocenters. The van der Waals surface area contributed by atoms with Crippen LogP contribution in [0.3, 0.4) is 0 Å². The number of ether oxygens (including phenoxy) is 1. The van der Waals surface area contributed by atoms with Crippen LogP contribution in [-0.2, 0) is 25.7 Å². The van der Waals surface area contributed by atoms with E-state index < -0.39 is 17.8 Å². The molecule has 1 amide bonds. The molecular formula is C27H27F3N6O2. The second-order valence-electron chi connectivity index (χ2n) is 9.42. The Balaban J connectivity index is 1.37. The van der Waals surface area contributed by atoms with Crippen LogP contribution in [0.4, 0.5) is 23.7 Å². The molecular weight excluding hydrogens is 497 g/mol. The number of amides is 1. The number of rotatable bonds is 6. The number of fused-ring (bicyclic) bond motifs is 2. The predicted molar refractivity (Wildman–Crippen MR) is 137 cm³/mol. The topological polar surface area (TPSA) is 93.1 Å². The minimum absolute atomic E-state index is 0.0650. The quantitative estimate of drug-likeness (QED) is 0.310. The van der Waals surface area contributed by atoms with E-state index >= 15 is 0 Å². The lowest BCUT2D eigenvalue weighted by atomic mass is 10.1. The van der Waals surface area contributed by atoms with Crippen molar-refractivity contribution in [3.63, 3.8) is 0 Å². The molecule has 3 heterocycles. The third-order valence-electron chi connectivity index (χ3n) is 6.22. The maximum absolute atomic E-state index is 13.5. The van der Waals surface area contributed by atoms with E-state index in [1.165, 1.54) is 17.0 Å². The van der Waals surface area contributed by atoms with Crippen LogP contribution in [0.15, 0.2) is 55.0 Å². The van der Waals surface area contributed by atoms with Crippen molar-refractivity contribution in [2.75, 3.05) is 11.9 Å². The van der Waals surface area contributed by atoms with Crippen LogP contribution in [0.5, 0.6) is 11.6 Å². The van der Waals surface area contributed by atoms with Crippen molar-refractivity contribution in [2.24, 2.45) is 0 Å². The fraction of sp³-hybridized carbons (Fsp3) is 0.296. The fourth-order valence-corrected chi connectivity index (χ4v) is 4.35. The van der Waals surface area contributed by atoms with E-state index in [1.807, 2.05) is 13.8 Å². The van der Waals surface area contributed by atoms with Gasteiger partial charge in [0.15, 0.2) is 0 Å². The zero-order chi connectivity index (χ0) is 26.9. The van der Waals surface area contributed by atoms with Crippen molar-refractivity contribution in [3.8, 4) is 11.6 Å². The minimum Gasteiger partial charge on any atom is -0.439 e. The Bertz CT molecular complexity index is 1480. The van der Waals surface area contributed by atoms with Crippen LogP contribution in [0.25, 0.3) is 10.9 Å². The predicted octanol–water partition coefficient (Wildman–Crippen LogP) is 5.47. The monoisotopic (exact) mass is 524 g/mol. The molecule has 0 spiro atoms. The van der Waals surface area contributed by atoms with Crippen molar-refractivity contribution in [1.29, 1.82) is 0 Å². The number of aromatic nitrogens is 3. The highest BCUT2D eigenvalue weighted by Gasteiger charge is 2.31. The van der Waals surface area contributed by atoms with E-state index in [0.717, 1.165) is 41.7 Å². The third kappa shape index (κ3) is 5.63. The van der Waals surface area contributed by atoms with Crippen molar-refractivity contribution in [1.82, 2.24) is 25.2 Å². The molecule has 38 heavy (non-hydrogen) atoms. The van der Waals surface area contributed by atoms with Gasteiger partial charge in [0.1, 0.15) is 12.1 Å². The molecule has 198 valence electrons. The van der Waals surface area contributed by atoms with Gasteiger partial charge in [0, 0.05) is 42.0 Å². The lowest BCUT2D eigenvalue weighted by molar-refractivity contribution is -0.137. The summed E-state index contributed by atoms with van der Waals surface area (Å²) in [5.41, 5.74) is 2.12. The molecule has 4 aromatic rings. The smallest absolute Gasteiger partial charge is 0.416 e. The van der Waals surface area contributed by atoms with Gasteiger partial charge in [0.2, 0.25) is 5.88 Å². The van der Waals surface area contributed by atoms with Crippen molar-refractivity contribution >= 4 is 22.6 Å². The highest BCUT2D eigenvalue weighted by molar-refractivity contribution is 5.98. The molecule has 1 aliphatic heterocycles. The van der Waals surface area contributed by atoms with Crippen molar-refractivity contribution in [2.45, 2.75) is 45.6 Å². The van der Waals surface area contributed by atoms with Gasteiger partial charge in [-0.15, -0.1) is 0 Å². The average Bonchev–Trinajstić information content (AvgIpc) is 3.30. The zero-order valence-corrected chi connectivity index (χ0v) is 20.9. The molecule has 0 fully saturated rings. The summed E-state index contributed by atoms with van der Waals surface area (Å²) in [4.78, 5) is 21.7. The summed E-state index contributed by atoms with van der Waals surface area (Å²) in [6.45, 7) is 5.53. The number of nitrogens with zero attached hydrogens (tertiary/aromatic N) is 3. The third-order valence-corrected chi connectivity index (χ3v) is 6.22. The van der Waals surface area contributed by atoms with Crippen molar-refractivity contribution in [3.05, 3.63) is 77.4 Å². The number of hydrogen-bond acceptors (Lipinski definition) is 6. The van der Waals surface area contributed by atoms with Gasteiger partial charge in [-0.3, -0.25) is 4.57 Å². The molecule has 0 unspecified atom stereocenters. The van der Waals surface area contributed by atoms with Gasteiger partial charge in [-0.1, -0.05) is 13.8 Å². The first kappa shape index (κ1) is 25.7. The first-order valence-electron chi connectivity index (χ1n) is 12.3. The lowest BCUT2D eigenvalue weighted by Crippen LogP contribution is -2.25. The van der Waals surface area contributed by atoms with Gasteiger partial charge < -0.3 is 20.7 Å². The summed E-state index contributed by atoms with van der Waals surface area (Å²) in [5, 5.41) is 9.71.